The van der Waals surface area contributed by atoms with E-state index in [1.54, 1.807) is 36.9 Å². The molecule has 0 N–H and O–H groups in total. The number of benzene rings is 2. The fourth-order valence-corrected chi connectivity index (χ4v) is 10.7. The quantitative estimate of drug-likeness (QED) is 0.141. The second kappa shape index (κ2) is 18.7. The van der Waals surface area contributed by atoms with Crippen LogP contribution in [0.15, 0.2) is 73.3 Å². The molecule has 4 aliphatic carbocycles. The number of allylic oxidation sites excluding steroid dienone is 2. The zero-order valence-corrected chi connectivity index (χ0v) is 33.2. The third-order valence-corrected chi connectivity index (χ3v) is 14.0. The number of aromatic nitrogens is 4. The highest BCUT2D eigenvalue weighted by atomic mass is 32.2. The maximum Gasteiger partial charge on any atom is 0.139 e. The molecule has 2 aromatic carbocycles. The number of thioether (sulfide) groups is 2. The van der Waals surface area contributed by atoms with Crippen LogP contribution in [0.3, 0.4) is 0 Å². The lowest BCUT2D eigenvalue weighted by molar-refractivity contribution is 0.344. The first-order chi connectivity index (χ1) is 26.4. The van der Waals surface area contributed by atoms with Gasteiger partial charge in [-0.25, -0.2) is 28.7 Å². The molecule has 0 spiro atoms. The molecule has 0 saturated heterocycles. The third-order valence-electron chi connectivity index (χ3n) is 11.5. The molecule has 2 saturated carbocycles. The van der Waals surface area contributed by atoms with Gasteiger partial charge in [0.05, 0.1) is 11.4 Å². The summed E-state index contributed by atoms with van der Waals surface area (Å²) in [4.78, 5) is 22.7. The Kier molecular flexibility index (Phi) is 13.3. The first-order valence-corrected chi connectivity index (χ1v) is 21.8. The van der Waals surface area contributed by atoms with E-state index in [-0.39, 0.29) is 11.6 Å². The predicted octanol–water partition coefficient (Wildman–Crippen LogP) is 10.2. The molecular formula is C44H52F2N6S2. The minimum absolute atomic E-state index is 0.156. The molecule has 4 aromatic rings. The highest BCUT2D eigenvalue weighted by molar-refractivity contribution is 7.98. The minimum Gasteiger partial charge on any atom is -0.356 e. The van der Waals surface area contributed by atoms with Crippen LogP contribution in [0.1, 0.15) is 85.0 Å². The Balaban J connectivity index is 0.000000167. The Morgan fingerprint density at radius 1 is 0.556 bits per heavy atom. The Morgan fingerprint density at radius 3 is 1.33 bits per heavy atom. The van der Waals surface area contributed by atoms with Gasteiger partial charge >= 0.3 is 0 Å². The second-order valence-electron chi connectivity index (χ2n) is 15.2. The standard InChI is InChI=1S/2C22H26FN3S/c2*1-26(22-20-3-2-4-21(20)24-15-25-22)19-11-7-17(8-12-19)14-27-13-16-5-9-18(23)10-6-16/h2*2-3,5-6,9-10,15,17,19H,4,7-8,11-14H2,1H3. The maximum absolute atomic E-state index is 13.0. The van der Waals surface area contributed by atoms with E-state index in [0.29, 0.717) is 12.1 Å². The number of halogens is 2. The number of fused-ring (bicyclic) bond motifs is 2. The Hall–Kier alpha value is -3.76. The van der Waals surface area contributed by atoms with Crippen molar-refractivity contribution in [1.29, 1.82) is 0 Å². The summed E-state index contributed by atoms with van der Waals surface area (Å²) in [6, 6.07) is 14.9. The molecule has 0 aliphatic heterocycles. The molecule has 0 radical (unpaired) electrons. The van der Waals surface area contributed by atoms with Crippen molar-refractivity contribution in [3.05, 3.63) is 119 Å². The zero-order valence-electron chi connectivity index (χ0n) is 31.5. The van der Waals surface area contributed by atoms with Gasteiger partial charge in [-0.1, -0.05) is 48.6 Å². The van der Waals surface area contributed by atoms with Crippen molar-refractivity contribution >= 4 is 47.3 Å². The van der Waals surface area contributed by atoms with Gasteiger partial charge in [0.1, 0.15) is 35.9 Å². The molecule has 8 rings (SSSR count). The molecule has 284 valence electrons. The number of rotatable bonds is 12. The van der Waals surface area contributed by atoms with Gasteiger partial charge in [-0.05, 0) is 110 Å². The van der Waals surface area contributed by atoms with Gasteiger partial charge < -0.3 is 9.80 Å². The summed E-state index contributed by atoms with van der Waals surface area (Å²) in [5.74, 6) is 7.77. The number of hydrogen-bond donors (Lipinski definition) is 0. The second-order valence-corrected chi connectivity index (χ2v) is 17.2. The fourth-order valence-electron chi connectivity index (χ4n) is 8.24. The van der Waals surface area contributed by atoms with E-state index in [1.807, 2.05) is 47.8 Å². The SMILES string of the molecule is CN(c1ncnc2c1C=CC2)C1CCC(CSCc2ccc(F)cc2)CC1.CN(c1ncnc2c1C=CC2)C1CCC(CSCc2ccc(F)cc2)CC1. The van der Waals surface area contributed by atoms with Crippen molar-refractivity contribution in [2.45, 2.75) is 87.8 Å². The summed E-state index contributed by atoms with van der Waals surface area (Å²) in [7, 11) is 4.37. The van der Waals surface area contributed by atoms with E-state index in [4.69, 9.17) is 0 Å². The van der Waals surface area contributed by atoms with Crippen LogP contribution in [0.25, 0.3) is 12.2 Å². The van der Waals surface area contributed by atoms with Gasteiger partial charge in [-0.15, -0.1) is 0 Å². The molecular weight excluding hydrogens is 715 g/mol. The monoisotopic (exact) mass is 766 g/mol. The van der Waals surface area contributed by atoms with E-state index in [2.05, 4.69) is 68.1 Å². The number of anilines is 2. The third kappa shape index (κ3) is 9.91. The van der Waals surface area contributed by atoms with E-state index >= 15 is 0 Å². The van der Waals surface area contributed by atoms with Crippen LogP contribution in [-0.2, 0) is 24.3 Å². The number of nitrogens with zero attached hydrogens (tertiary/aromatic N) is 6. The Morgan fingerprint density at radius 2 is 0.944 bits per heavy atom. The summed E-state index contributed by atoms with van der Waals surface area (Å²) in [5.41, 5.74) is 7.13. The molecule has 4 aliphatic rings. The lowest BCUT2D eigenvalue weighted by Gasteiger charge is -2.36. The average Bonchev–Trinajstić information content (AvgIpc) is 3.90. The highest BCUT2D eigenvalue weighted by Gasteiger charge is 2.28. The molecule has 0 amide bonds. The molecule has 0 unspecified atom stereocenters. The van der Waals surface area contributed by atoms with Crippen LogP contribution in [0.5, 0.6) is 0 Å². The van der Waals surface area contributed by atoms with Crippen molar-refractivity contribution in [1.82, 2.24) is 19.9 Å². The fraction of sp³-hybridized carbons (Fsp3) is 0.455. The molecule has 6 nitrogen and oxygen atoms in total. The van der Waals surface area contributed by atoms with E-state index in [0.717, 1.165) is 59.2 Å². The van der Waals surface area contributed by atoms with Gasteiger partial charge in [0.15, 0.2) is 0 Å². The van der Waals surface area contributed by atoms with Crippen molar-refractivity contribution in [3.63, 3.8) is 0 Å². The molecule has 0 bridgehead atoms. The summed E-state index contributed by atoms with van der Waals surface area (Å²) in [6.45, 7) is 0. The predicted molar refractivity (Wildman–Crippen MR) is 223 cm³/mol. The summed E-state index contributed by atoms with van der Waals surface area (Å²) < 4.78 is 25.9. The number of hydrogen-bond acceptors (Lipinski definition) is 8. The molecule has 10 heteroatoms. The van der Waals surface area contributed by atoms with Crippen LogP contribution < -0.4 is 9.80 Å². The average molecular weight is 767 g/mol. The Bertz CT molecular complexity index is 1730. The highest BCUT2D eigenvalue weighted by Crippen LogP contribution is 2.36. The summed E-state index contributed by atoms with van der Waals surface area (Å²) >= 11 is 3.95. The van der Waals surface area contributed by atoms with Crippen LogP contribution in [0, 0.1) is 23.5 Å². The maximum atomic E-state index is 13.0. The van der Waals surface area contributed by atoms with Crippen molar-refractivity contribution in [2.24, 2.45) is 11.8 Å². The largest absolute Gasteiger partial charge is 0.356 e. The topological polar surface area (TPSA) is 58.0 Å². The summed E-state index contributed by atoms with van der Waals surface area (Å²) in [5, 5.41) is 0. The van der Waals surface area contributed by atoms with E-state index in [9.17, 15) is 8.78 Å². The molecule has 2 aromatic heterocycles. The lowest BCUT2D eigenvalue weighted by atomic mass is 9.86. The van der Waals surface area contributed by atoms with Gasteiger partial charge in [-0.3, -0.25) is 0 Å². The molecule has 54 heavy (non-hydrogen) atoms. The zero-order chi connectivity index (χ0) is 37.3. The smallest absolute Gasteiger partial charge is 0.139 e. The normalized spacial score (nSPS) is 21.3. The molecule has 0 atom stereocenters. The minimum atomic E-state index is -0.156. The van der Waals surface area contributed by atoms with Crippen LogP contribution in [0.4, 0.5) is 20.4 Å². The van der Waals surface area contributed by atoms with Crippen molar-refractivity contribution in [3.8, 4) is 0 Å². The van der Waals surface area contributed by atoms with Gasteiger partial charge in [-0.2, -0.15) is 23.5 Å². The van der Waals surface area contributed by atoms with E-state index < -0.39 is 0 Å². The van der Waals surface area contributed by atoms with E-state index in [1.165, 1.54) is 85.1 Å². The molecule has 2 heterocycles. The van der Waals surface area contributed by atoms with Gasteiger partial charge in [0.2, 0.25) is 0 Å². The van der Waals surface area contributed by atoms with Crippen LogP contribution >= 0.6 is 23.5 Å². The van der Waals surface area contributed by atoms with Crippen molar-refractivity contribution < 1.29 is 8.78 Å². The van der Waals surface area contributed by atoms with Gasteiger partial charge in [0, 0.05) is 61.7 Å². The van der Waals surface area contributed by atoms with Crippen molar-refractivity contribution in [2.75, 3.05) is 35.4 Å². The summed E-state index contributed by atoms with van der Waals surface area (Å²) in [6.07, 6.45) is 23.9. The van der Waals surface area contributed by atoms with Crippen LogP contribution in [0.2, 0.25) is 0 Å². The first-order valence-electron chi connectivity index (χ1n) is 19.5. The lowest BCUT2D eigenvalue weighted by Crippen LogP contribution is -2.36. The molecule has 2 fully saturated rings. The van der Waals surface area contributed by atoms with Crippen LogP contribution in [-0.4, -0.2) is 57.6 Å². The first kappa shape index (κ1) is 38.5. The Labute approximate surface area is 328 Å². The van der Waals surface area contributed by atoms with Gasteiger partial charge in [0.25, 0.3) is 0 Å².